The van der Waals surface area contributed by atoms with Gasteiger partial charge in [-0.1, -0.05) is 5.21 Å². The van der Waals surface area contributed by atoms with Crippen LogP contribution in [-0.2, 0) is 6.54 Å². The number of H-pyrrole nitrogens is 1. The lowest BCUT2D eigenvalue weighted by Gasteiger charge is -2.03. The average Bonchev–Trinajstić information content (AvgIpc) is 2.91. The van der Waals surface area contributed by atoms with Gasteiger partial charge in [-0.05, 0) is 6.92 Å². The number of amides is 1. The number of carbonyl (C=O) groups is 1. The molecule has 8 nitrogen and oxygen atoms in total. The van der Waals surface area contributed by atoms with Gasteiger partial charge >= 0.3 is 0 Å². The van der Waals surface area contributed by atoms with Gasteiger partial charge in [0.2, 0.25) is 0 Å². The quantitative estimate of drug-likeness (QED) is 0.649. The molecule has 2 heterocycles. The smallest absolute Gasteiger partial charge is 0.274 e. The van der Waals surface area contributed by atoms with Crippen molar-refractivity contribution in [2.24, 2.45) is 0 Å². The van der Waals surface area contributed by atoms with E-state index < -0.39 is 0 Å². The molecule has 0 aliphatic carbocycles. The maximum atomic E-state index is 11.7. The molecule has 2 aromatic heterocycles. The van der Waals surface area contributed by atoms with E-state index in [0.717, 1.165) is 0 Å². The van der Waals surface area contributed by atoms with E-state index in [0.29, 0.717) is 24.5 Å². The summed E-state index contributed by atoms with van der Waals surface area (Å²) in [5.74, 6) is -0.299. The van der Waals surface area contributed by atoms with E-state index in [1.165, 1.54) is 0 Å². The zero-order valence-electron chi connectivity index (χ0n) is 9.34. The van der Waals surface area contributed by atoms with Crippen molar-refractivity contribution in [2.75, 3.05) is 12.3 Å². The van der Waals surface area contributed by atoms with Gasteiger partial charge in [0.25, 0.3) is 5.91 Å². The predicted octanol–water partition coefficient (Wildman–Crippen LogP) is -0.678. The number of rotatable bonds is 4. The molecule has 0 atom stereocenters. The minimum atomic E-state index is -0.299. The van der Waals surface area contributed by atoms with Crippen LogP contribution < -0.4 is 11.1 Å². The molecule has 90 valence electrons. The number of hydrogen-bond acceptors (Lipinski definition) is 5. The number of aromatic amines is 1. The van der Waals surface area contributed by atoms with E-state index in [1.807, 2.05) is 0 Å². The first-order chi connectivity index (χ1) is 8.18. The van der Waals surface area contributed by atoms with Crippen LogP contribution in [0.5, 0.6) is 0 Å². The lowest BCUT2D eigenvalue weighted by molar-refractivity contribution is 0.0947. The van der Waals surface area contributed by atoms with E-state index in [-0.39, 0.29) is 11.6 Å². The number of nitrogens with two attached hydrogens (primary N) is 1. The standard InChI is InChI=1S/C9H13N7O/c1-6-7(10)8(14-13-6)9(17)11-2-4-16-5-3-12-15-16/h3,5H,2,4,10H2,1H3,(H,11,17)(H,13,14). The summed E-state index contributed by atoms with van der Waals surface area (Å²) < 4.78 is 1.62. The highest BCUT2D eigenvalue weighted by Crippen LogP contribution is 2.11. The summed E-state index contributed by atoms with van der Waals surface area (Å²) >= 11 is 0. The zero-order chi connectivity index (χ0) is 12.3. The van der Waals surface area contributed by atoms with Gasteiger partial charge in [0.1, 0.15) is 0 Å². The lowest BCUT2D eigenvalue weighted by atomic mass is 10.3. The van der Waals surface area contributed by atoms with Crippen molar-refractivity contribution < 1.29 is 4.79 Å². The van der Waals surface area contributed by atoms with Gasteiger partial charge in [-0.2, -0.15) is 5.10 Å². The molecule has 0 radical (unpaired) electrons. The molecule has 1 amide bonds. The number of nitrogens with one attached hydrogen (secondary N) is 2. The summed E-state index contributed by atoms with van der Waals surface area (Å²) in [4.78, 5) is 11.7. The van der Waals surface area contributed by atoms with Crippen LogP contribution in [0, 0.1) is 6.92 Å². The minimum absolute atomic E-state index is 0.223. The van der Waals surface area contributed by atoms with E-state index >= 15 is 0 Å². The Morgan fingerprint density at radius 2 is 2.47 bits per heavy atom. The molecule has 0 aromatic carbocycles. The molecular formula is C9H13N7O. The van der Waals surface area contributed by atoms with Crippen LogP contribution in [0.4, 0.5) is 5.69 Å². The molecule has 0 aliphatic heterocycles. The number of nitrogen functional groups attached to an aromatic ring is 1. The van der Waals surface area contributed by atoms with Gasteiger partial charge in [-0.15, -0.1) is 5.10 Å². The Hall–Kier alpha value is -2.38. The van der Waals surface area contributed by atoms with Crippen molar-refractivity contribution >= 4 is 11.6 Å². The van der Waals surface area contributed by atoms with Crippen LogP contribution in [0.25, 0.3) is 0 Å². The van der Waals surface area contributed by atoms with Crippen LogP contribution in [0.1, 0.15) is 16.2 Å². The molecule has 0 saturated carbocycles. The fourth-order valence-corrected chi connectivity index (χ4v) is 1.33. The molecule has 0 bridgehead atoms. The maximum absolute atomic E-state index is 11.7. The van der Waals surface area contributed by atoms with Gasteiger partial charge in [0, 0.05) is 12.7 Å². The Balaban J connectivity index is 1.87. The van der Waals surface area contributed by atoms with Crippen LogP contribution in [-0.4, -0.2) is 37.6 Å². The first-order valence-corrected chi connectivity index (χ1v) is 5.11. The molecule has 2 rings (SSSR count). The Kier molecular flexibility index (Phi) is 3.03. The monoisotopic (exact) mass is 235 g/mol. The molecule has 0 fully saturated rings. The second-order valence-electron chi connectivity index (χ2n) is 3.53. The van der Waals surface area contributed by atoms with Crippen molar-refractivity contribution in [3.05, 3.63) is 23.8 Å². The maximum Gasteiger partial charge on any atom is 0.274 e. The van der Waals surface area contributed by atoms with Crippen LogP contribution >= 0.6 is 0 Å². The molecule has 2 aromatic rings. The second-order valence-corrected chi connectivity index (χ2v) is 3.53. The highest BCUT2D eigenvalue weighted by atomic mass is 16.1. The van der Waals surface area contributed by atoms with Crippen molar-refractivity contribution in [1.82, 2.24) is 30.5 Å². The molecule has 0 unspecified atom stereocenters. The summed E-state index contributed by atoms with van der Waals surface area (Å²) in [5, 5.41) is 16.6. The first kappa shape index (κ1) is 11.1. The van der Waals surface area contributed by atoms with Crippen LogP contribution in [0.3, 0.4) is 0 Å². The third-order valence-corrected chi connectivity index (χ3v) is 2.31. The van der Waals surface area contributed by atoms with Crippen molar-refractivity contribution in [3.63, 3.8) is 0 Å². The highest BCUT2D eigenvalue weighted by Gasteiger charge is 2.14. The Morgan fingerprint density at radius 1 is 1.65 bits per heavy atom. The zero-order valence-corrected chi connectivity index (χ0v) is 9.34. The van der Waals surface area contributed by atoms with Crippen molar-refractivity contribution in [3.8, 4) is 0 Å². The number of nitrogens with zero attached hydrogens (tertiary/aromatic N) is 4. The lowest BCUT2D eigenvalue weighted by Crippen LogP contribution is -2.28. The summed E-state index contributed by atoms with van der Waals surface area (Å²) in [6.45, 7) is 2.75. The van der Waals surface area contributed by atoms with Gasteiger partial charge in [-0.3, -0.25) is 14.6 Å². The Labute approximate surface area is 97.2 Å². The van der Waals surface area contributed by atoms with Gasteiger partial charge in [0.15, 0.2) is 5.69 Å². The van der Waals surface area contributed by atoms with Crippen molar-refractivity contribution in [1.29, 1.82) is 0 Å². The third-order valence-electron chi connectivity index (χ3n) is 2.31. The number of carbonyl (C=O) groups excluding carboxylic acids is 1. The fourth-order valence-electron chi connectivity index (χ4n) is 1.33. The van der Waals surface area contributed by atoms with E-state index in [4.69, 9.17) is 5.73 Å². The second kappa shape index (κ2) is 4.64. The fraction of sp³-hybridized carbons (Fsp3) is 0.333. The van der Waals surface area contributed by atoms with E-state index in [9.17, 15) is 4.79 Å². The minimum Gasteiger partial charge on any atom is -0.395 e. The summed E-state index contributed by atoms with van der Waals surface area (Å²) in [6.07, 6.45) is 3.30. The predicted molar refractivity (Wildman–Crippen MR) is 60.1 cm³/mol. The molecule has 17 heavy (non-hydrogen) atoms. The van der Waals surface area contributed by atoms with Crippen LogP contribution in [0.15, 0.2) is 12.4 Å². The van der Waals surface area contributed by atoms with E-state index in [2.05, 4.69) is 25.8 Å². The van der Waals surface area contributed by atoms with Gasteiger partial charge in [-0.25, -0.2) is 0 Å². The first-order valence-electron chi connectivity index (χ1n) is 5.11. The molecule has 8 heteroatoms. The largest absolute Gasteiger partial charge is 0.395 e. The summed E-state index contributed by atoms with van der Waals surface area (Å²) in [7, 11) is 0. The average molecular weight is 235 g/mol. The SMILES string of the molecule is Cc1[nH]nc(C(=O)NCCn2ccnn2)c1N. The number of hydrogen-bond donors (Lipinski definition) is 3. The Bertz CT molecular complexity index is 501. The highest BCUT2D eigenvalue weighted by molar-refractivity contribution is 5.97. The topological polar surface area (TPSA) is 115 Å². The molecule has 4 N–H and O–H groups in total. The normalized spacial score (nSPS) is 10.4. The molecule has 0 aliphatic rings. The van der Waals surface area contributed by atoms with E-state index in [1.54, 1.807) is 24.0 Å². The number of aryl methyl sites for hydroxylation is 1. The molecule has 0 spiro atoms. The molecular weight excluding hydrogens is 222 g/mol. The number of anilines is 1. The van der Waals surface area contributed by atoms with Gasteiger partial charge in [0.05, 0.1) is 24.1 Å². The third kappa shape index (κ3) is 2.41. The van der Waals surface area contributed by atoms with Crippen molar-refractivity contribution in [2.45, 2.75) is 13.5 Å². The molecule has 0 saturated heterocycles. The van der Waals surface area contributed by atoms with Gasteiger partial charge < -0.3 is 11.1 Å². The summed E-state index contributed by atoms with van der Waals surface area (Å²) in [6, 6.07) is 0. The summed E-state index contributed by atoms with van der Waals surface area (Å²) in [5.41, 5.74) is 6.98. The van der Waals surface area contributed by atoms with Crippen LogP contribution in [0.2, 0.25) is 0 Å². The number of aromatic nitrogens is 5. The Morgan fingerprint density at radius 3 is 3.06 bits per heavy atom.